The number of amides is 1. The second-order valence-electron chi connectivity index (χ2n) is 5.50. The molecule has 0 radical (unpaired) electrons. The van der Waals surface area contributed by atoms with Crippen LogP contribution in [0.5, 0.6) is 0 Å². The average molecular weight is 296 g/mol. The van der Waals surface area contributed by atoms with E-state index in [1.165, 1.54) is 4.90 Å². The van der Waals surface area contributed by atoms with Crippen LogP contribution in [0.3, 0.4) is 0 Å². The van der Waals surface area contributed by atoms with Crippen molar-refractivity contribution in [2.75, 3.05) is 17.7 Å². The zero-order chi connectivity index (χ0) is 15.5. The lowest BCUT2D eigenvalue weighted by molar-refractivity contribution is -0.110. The number of carbonyl (C=O) groups is 2. The summed E-state index contributed by atoms with van der Waals surface area (Å²) in [6.07, 6.45) is -0.322. The first-order valence-electron chi connectivity index (χ1n) is 6.17. The Hall–Kier alpha value is -1.69. The standard InChI is InChI=1S/C14H20N2O3S/c1-14(2,3)19-13(18)16(4)11-7-9(8-12(17)20)5-6-10(11)15/h5-7H,8,15H2,1-4H3,(H,17,20). The zero-order valence-corrected chi connectivity index (χ0v) is 13.0. The number of thiol groups is 1. The van der Waals surface area contributed by atoms with Crippen molar-refractivity contribution in [3.63, 3.8) is 0 Å². The van der Waals surface area contributed by atoms with E-state index in [0.717, 1.165) is 5.56 Å². The fourth-order valence-electron chi connectivity index (χ4n) is 1.59. The van der Waals surface area contributed by atoms with E-state index in [0.29, 0.717) is 11.4 Å². The van der Waals surface area contributed by atoms with E-state index in [2.05, 4.69) is 12.6 Å². The van der Waals surface area contributed by atoms with Crippen LogP contribution in [0.4, 0.5) is 16.2 Å². The highest BCUT2D eigenvalue weighted by atomic mass is 32.1. The number of rotatable bonds is 3. The molecule has 1 amide bonds. The Balaban J connectivity index is 2.99. The maximum absolute atomic E-state index is 12.0. The molecule has 1 aromatic rings. The van der Waals surface area contributed by atoms with E-state index >= 15 is 0 Å². The highest BCUT2D eigenvalue weighted by Gasteiger charge is 2.22. The van der Waals surface area contributed by atoms with Gasteiger partial charge in [0.25, 0.3) is 0 Å². The topological polar surface area (TPSA) is 72.6 Å². The Bertz CT molecular complexity index is 524. The summed E-state index contributed by atoms with van der Waals surface area (Å²) >= 11 is 3.74. The summed E-state index contributed by atoms with van der Waals surface area (Å²) in [5.74, 6) is 0. The Morgan fingerprint density at radius 2 is 1.95 bits per heavy atom. The lowest BCUT2D eigenvalue weighted by atomic mass is 10.1. The number of hydrogen-bond donors (Lipinski definition) is 2. The second-order valence-corrected chi connectivity index (χ2v) is 6.00. The molecule has 2 N–H and O–H groups in total. The summed E-state index contributed by atoms with van der Waals surface area (Å²) < 4.78 is 5.28. The second kappa shape index (κ2) is 6.17. The monoisotopic (exact) mass is 296 g/mol. The van der Waals surface area contributed by atoms with Crippen molar-refractivity contribution in [3.8, 4) is 0 Å². The Morgan fingerprint density at radius 1 is 1.35 bits per heavy atom. The molecule has 0 aromatic heterocycles. The van der Waals surface area contributed by atoms with Crippen LogP contribution >= 0.6 is 12.6 Å². The van der Waals surface area contributed by atoms with Crippen LogP contribution in [0.1, 0.15) is 26.3 Å². The minimum absolute atomic E-state index is 0.179. The Morgan fingerprint density at radius 3 is 2.45 bits per heavy atom. The molecular formula is C14H20N2O3S. The molecule has 0 bridgehead atoms. The SMILES string of the molecule is CN(C(=O)OC(C)(C)C)c1cc(CC(=O)S)ccc1N. The number of anilines is 2. The van der Waals surface area contributed by atoms with E-state index in [1.807, 2.05) is 0 Å². The maximum Gasteiger partial charge on any atom is 0.414 e. The molecule has 0 unspecified atom stereocenters. The van der Waals surface area contributed by atoms with Crippen LogP contribution in [0.2, 0.25) is 0 Å². The van der Waals surface area contributed by atoms with Gasteiger partial charge in [-0.15, -0.1) is 12.6 Å². The largest absolute Gasteiger partial charge is 0.443 e. The average Bonchev–Trinajstić information content (AvgIpc) is 2.28. The quantitative estimate of drug-likeness (QED) is 0.664. The molecular weight excluding hydrogens is 276 g/mol. The normalized spacial score (nSPS) is 11.1. The number of nitrogens with two attached hydrogens (primary N) is 1. The summed E-state index contributed by atoms with van der Waals surface area (Å²) in [5, 5.41) is -0.249. The molecule has 0 aliphatic rings. The highest BCUT2D eigenvalue weighted by molar-refractivity contribution is 7.96. The van der Waals surface area contributed by atoms with Crippen molar-refractivity contribution in [3.05, 3.63) is 23.8 Å². The van der Waals surface area contributed by atoms with Gasteiger partial charge in [-0.25, -0.2) is 4.79 Å². The lowest BCUT2D eigenvalue weighted by Crippen LogP contribution is -2.34. The predicted molar refractivity (Wildman–Crippen MR) is 83.2 cm³/mol. The van der Waals surface area contributed by atoms with Gasteiger partial charge in [-0.2, -0.15) is 0 Å². The van der Waals surface area contributed by atoms with Gasteiger partial charge in [0, 0.05) is 13.5 Å². The molecule has 0 fully saturated rings. The number of nitrogen functional groups attached to an aromatic ring is 1. The molecule has 5 nitrogen and oxygen atoms in total. The van der Waals surface area contributed by atoms with Gasteiger partial charge in [0.1, 0.15) is 5.60 Å². The van der Waals surface area contributed by atoms with Gasteiger partial charge in [0.15, 0.2) is 5.12 Å². The summed E-state index contributed by atoms with van der Waals surface area (Å²) in [7, 11) is 1.58. The molecule has 0 saturated heterocycles. The first-order chi connectivity index (χ1) is 9.10. The predicted octanol–water partition coefficient (Wildman–Crippen LogP) is 2.64. The molecule has 1 rings (SSSR count). The van der Waals surface area contributed by atoms with Gasteiger partial charge in [-0.3, -0.25) is 9.69 Å². The van der Waals surface area contributed by atoms with E-state index in [4.69, 9.17) is 10.5 Å². The molecule has 0 aliphatic heterocycles. The highest BCUT2D eigenvalue weighted by Crippen LogP contribution is 2.25. The molecule has 0 heterocycles. The van der Waals surface area contributed by atoms with Crippen LogP contribution in [-0.2, 0) is 16.0 Å². The first kappa shape index (κ1) is 16.4. The minimum atomic E-state index is -0.585. The Labute approximate surface area is 124 Å². The molecule has 0 atom stereocenters. The van der Waals surface area contributed by atoms with Gasteiger partial charge in [-0.05, 0) is 38.5 Å². The number of ether oxygens (including phenoxy) is 1. The summed E-state index contributed by atoms with van der Waals surface area (Å²) in [5.41, 5.74) is 6.97. The van der Waals surface area contributed by atoms with Crippen molar-refractivity contribution < 1.29 is 14.3 Å². The molecule has 0 saturated carbocycles. The van der Waals surface area contributed by atoms with Crippen molar-refractivity contribution >= 4 is 35.2 Å². The van der Waals surface area contributed by atoms with Crippen LogP contribution in [0.25, 0.3) is 0 Å². The van der Waals surface area contributed by atoms with Crippen molar-refractivity contribution in [1.82, 2.24) is 0 Å². The summed E-state index contributed by atoms with van der Waals surface area (Å²) in [6, 6.07) is 5.07. The van der Waals surface area contributed by atoms with E-state index in [9.17, 15) is 9.59 Å². The fourth-order valence-corrected chi connectivity index (χ4v) is 1.78. The van der Waals surface area contributed by atoms with Crippen LogP contribution in [-0.4, -0.2) is 23.9 Å². The van der Waals surface area contributed by atoms with Gasteiger partial charge >= 0.3 is 6.09 Å². The third kappa shape index (κ3) is 4.77. The van der Waals surface area contributed by atoms with Crippen molar-refractivity contribution in [2.45, 2.75) is 32.8 Å². The smallest absolute Gasteiger partial charge is 0.414 e. The molecule has 1 aromatic carbocycles. The minimum Gasteiger partial charge on any atom is -0.443 e. The number of hydrogen-bond acceptors (Lipinski definition) is 4. The summed E-state index contributed by atoms with van der Waals surface area (Å²) in [4.78, 5) is 24.4. The van der Waals surface area contributed by atoms with Gasteiger partial charge in [-0.1, -0.05) is 6.07 Å². The third-order valence-electron chi connectivity index (χ3n) is 2.48. The van der Waals surface area contributed by atoms with Gasteiger partial charge in [0.2, 0.25) is 0 Å². The maximum atomic E-state index is 12.0. The zero-order valence-electron chi connectivity index (χ0n) is 12.1. The number of benzene rings is 1. The molecule has 6 heteroatoms. The van der Waals surface area contributed by atoms with Crippen molar-refractivity contribution in [1.29, 1.82) is 0 Å². The number of nitrogens with zero attached hydrogens (tertiary/aromatic N) is 1. The van der Waals surface area contributed by atoms with Crippen LogP contribution in [0, 0.1) is 0 Å². The summed E-state index contributed by atoms with van der Waals surface area (Å²) in [6.45, 7) is 5.37. The number of carbonyl (C=O) groups excluding carboxylic acids is 2. The van der Waals surface area contributed by atoms with E-state index in [-0.39, 0.29) is 11.5 Å². The molecule has 20 heavy (non-hydrogen) atoms. The first-order valence-corrected chi connectivity index (χ1v) is 6.62. The van der Waals surface area contributed by atoms with Crippen LogP contribution in [0.15, 0.2) is 18.2 Å². The Kier molecular flexibility index (Phi) is 5.05. The lowest BCUT2D eigenvalue weighted by Gasteiger charge is -2.25. The molecule has 0 aliphatic carbocycles. The van der Waals surface area contributed by atoms with Crippen molar-refractivity contribution in [2.24, 2.45) is 0 Å². The molecule has 110 valence electrons. The fraction of sp³-hybridized carbons (Fsp3) is 0.429. The van der Waals surface area contributed by atoms with Gasteiger partial charge < -0.3 is 10.5 Å². The van der Waals surface area contributed by atoms with E-state index < -0.39 is 11.7 Å². The van der Waals surface area contributed by atoms with Gasteiger partial charge in [0.05, 0.1) is 11.4 Å². The van der Waals surface area contributed by atoms with E-state index in [1.54, 1.807) is 46.0 Å². The molecule has 0 spiro atoms. The van der Waals surface area contributed by atoms with Crippen LogP contribution < -0.4 is 10.6 Å². The third-order valence-corrected chi connectivity index (χ3v) is 2.64.